The Hall–Kier alpha value is -3.16. The first-order valence-corrected chi connectivity index (χ1v) is 13.6. The third kappa shape index (κ3) is 4.41. The number of hydrogen-bond acceptors (Lipinski definition) is 5. The van der Waals surface area contributed by atoms with Crippen LogP contribution in [0.4, 0.5) is 4.39 Å². The van der Waals surface area contributed by atoms with E-state index in [-0.39, 0.29) is 29.2 Å². The van der Waals surface area contributed by atoms with Crippen molar-refractivity contribution in [3.8, 4) is 0 Å². The Kier molecular flexibility index (Phi) is 6.11. The van der Waals surface area contributed by atoms with Crippen LogP contribution < -0.4 is 5.32 Å². The molecule has 3 heterocycles. The molecule has 1 unspecified atom stereocenters. The monoisotopic (exact) mass is 515 g/mol. The van der Waals surface area contributed by atoms with E-state index in [1.165, 1.54) is 24.0 Å². The number of likely N-dealkylation sites (tertiary alicyclic amines) is 1. The van der Waals surface area contributed by atoms with Crippen molar-refractivity contribution in [1.82, 2.24) is 15.2 Å². The van der Waals surface area contributed by atoms with Gasteiger partial charge in [0, 0.05) is 48.6 Å². The normalized spacial score (nSPS) is 25.9. The van der Waals surface area contributed by atoms with Gasteiger partial charge in [-0.1, -0.05) is 44.2 Å². The number of fused-ring (bicyclic) bond motifs is 1. The fourth-order valence-electron chi connectivity index (χ4n) is 6.33. The first-order chi connectivity index (χ1) is 18.1. The second-order valence-corrected chi connectivity index (χ2v) is 12.0. The van der Waals surface area contributed by atoms with Gasteiger partial charge >= 0.3 is 0 Å². The fraction of sp³-hybridized carbons (Fsp3) is 0.452. The highest BCUT2D eigenvalue weighted by molar-refractivity contribution is 6.01. The SMILES string of the molecule is CC1(C)CN(Cc2ccc(C3CC3)cc2)CC[C@]1(O)c1ccc2ncc(C3CCC(=O)NC3=O)cc2c1F. The van der Waals surface area contributed by atoms with Gasteiger partial charge < -0.3 is 5.11 Å². The van der Waals surface area contributed by atoms with Crippen LogP contribution in [0.2, 0.25) is 0 Å². The number of pyridine rings is 1. The number of imide groups is 1. The highest BCUT2D eigenvalue weighted by atomic mass is 19.1. The largest absolute Gasteiger partial charge is 0.384 e. The lowest BCUT2D eigenvalue weighted by Gasteiger charge is -2.50. The van der Waals surface area contributed by atoms with Crippen molar-refractivity contribution in [2.75, 3.05) is 13.1 Å². The molecular weight excluding hydrogens is 481 g/mol. The van der Waals surface area contributed by atoms with Gasteiger partial charge in [-0.2, -0.15) is 0 Å². The van der Waals surface area contributed by atoms with E-state index in [0.29, 0.717) is 37.0 Å². The summed E-state index contributed by atoms with van der Waals surface area (Å²) in [6, 6.07) is 13.9. The fourth-order valence-corrected chi connectivity index (χ4v) is 6.33. The Balaban J connectivity index is 1.25. The lowest BCUT2D eigenvalue weighted by Crippen LogP contribution is -2.55. The van der Waals surface area contributed by atoms with Gasteiger partial charge in [-0.25, -0.2) is 4.39 Å². The van der Waals surface area contributed by atoms with Crippen LogP contribution in [0.3, 0.4) is 0 Å². The van der Waals surface area contributed by atoms with Crippen LogP contribution in [0.25, 0.3) is 10.9 Å². The zero-order chi connectivity index (χ0) is 26.7. The molecule has 6 rings (SSSR count). The van der Waals surface area contributed by atoms with E-state index in [0.717, 1.165) is 12.5 Å². The first kappa shape index (κ1) is 25.1. The summed E-state index contributed by atoms with van der Waals surface area (Å²) in [5.74, 6) is -0.981. The molecule has 0 spiro atoms. The second-order valence-electron chi connectivity index (χ2n) is 12.0. The van der Waals surface area contributed by atoms with E-state index < -0.39 is 22.8 Å². The van der Waals surface area contributed by atoms with Crippen LogP contribution in [0.1, 0.15) is 80.0 Å². The van der Waals surface area contributed by atoms with Crippen molar-refractivity contribution in [1.29, 1.82) is 0 Å². The number of piperidine rings is 2. The molecular formula is C31H34FN3O3. The molecule has 2 saturated heterocycles. The van der Waals surface area contributed by atoms with Gasteiger partial charge in [-0.3, -0.25) is 24.8 Å². The number of hydrogen-bond donors (Lipinski definition) is 2. The number of carbonyl (C=O) groups excluding carboxylic acids is 2. The smallest absolute Gasteiger partial charge is 0.234 e. The minimum atomic E-state index is -1.36. The Morgan fingerprint density at radius 2 is 1.84 bits per heavy atom. The maximum absolute atomic E-state index is 16.1. The molecule has 38 heavy (non-hydrogen) atoms. The minimum Gasteiger partial charge on any atom is -0.384 e. The van der Waals surface area contributed by atoms with Gasteiger partial charge in [0.2, 0.25) is 11.8 Å². The lowest BCUT2D eigenvalue weighted by molar-refractivity contribution is -0.134. The molecule has 1 aromatic heterocycles. The van der Waals surface area contributed by atoms with Crippen LogP contribution in [-0.2, 0) is 21.7 Å². The minimum absolute atomic E-state index is 0.242. The number of aliphatic hydroxyl groups is 1. The summed E-state index contributed by atoms with van der Waals surface area (Å²) in [5.41, 5.74) is 2.02. The van der Waals surface area contributed by atoms with Gasteiger partial charge in [0.05, 0.1) is 17.0 Å². The van der Waals surface area contributed by atoms with Crippen molar-refractivity contribution in [3.63, 3.8) is 0 Å². The zero-order valence-electron chi connectivity index (χ0n) is 22.0. The van der Waals surface area contributed by atoms with Crippen LogP contribution in [0.5, 0.6) is 0 Å². The maximum Gasteiger partial charge on any atom is 0.234 e. The highest BCUT2D eigenvalue weighted by Gasteiger charge is 2.50. The predicted molar refractivity (Wildman–Crippen MR) is 143 cm³/mol. The Labute approximate surface area is 222 Å². The van der Waals surface area contributed by atoms with Crippen molar-refractivity contribution >= 4 is 22.7 Å². The van der Waals surface area contributed by atoms with Gasteiger partial charge in [0.15, 0.2) is 0 Å². The molecule has 198 valence electrons. The van der Waals surface area contributed by atoms with Crippen LogP contribution in [0, 0.1) is 11.2 Å². The maximum atomic E-state index is 16.1. The van der Waals surface area contributed by atoms with Crippen LogP contribution in [0.15, 0.2) is 48.7 Å². The van der Waals surface area contributed by atoms with E-state index in [1.54, 1.807) is 24.4 Å². The summed E-state index contributed by atoms with van der Waals surface area (Å²) in [7, 11) is 0. The number of halogens is 1. The van der Waals surface area contributed by atoms with Crippen molar-refractivity contribution in [2.45, 2.75) is 69.9 Å². The van der Waals surface area contributed by atoms with Gasteiger partial charge in [-0.05, 0) is 60.4 Å². The van der Waals surface area contributed by atoms with Gasteiger partial charge in [0.1, 0.15) is 5.82 Å². The Bertz CT molecular complexity index is 1420. The topological polar surface area (TPSA) is 82.5 Å². The Morgan fingerprint density at radius 3 is 2.53 bits per heavy atom. The van der Waals surface area contributed by atoms with Crippen LogP contribution in [-0.4, -0.2) is 39.9 Å². The van der Waals surface area contributed by atoms with Crippen LogP contribution >= 0.6 is 0 Å². The predicted octanol–water partition coefficient (Wildman–Crippen LogP) is 4.89. The summed E-state index contributed by atoms with van der Waals surface area (Å²) in [4.78, 5) is 30.7. The molecule has 1 saturated carbocycles. The molecule has 3 fully saturated rings. The highest BCUT2D eigenvalue weighted by Crippen LogP contribution is 2.48. The summed E-state index contributed by atoms with van der Waals surface area (Å²) < 4.78 is 16.1. The average Bonchev–Trinajstić information content (AvgIpc) is 3.73. The van der Waals surface area contributed by atoms with Crippen molar-refractivity contribution in [2.24, 2.45) is 5.41 Å². The molecule has 1 aliphatic carbocycles. The number of carbonyl (C=O) groups is 2. The third-order valence-corrected chi connectivity index (χ3v) is 8.87. The lowest BCUT2D eigenvalue weighted by atomic mass is 9.66. The summed E-state index contributed by atoms with van der Waals surface area (Å²) >= 11 is 0. The zero-order valence-corrected chi connectivity index (χ0v) is 22.0. The molecule has 0 bridgehead atoms. The summed E-state index contributed by atoms with van der Waals surface area (Å²) in [6.07, 6.45) is 5.18. The van der Waals surface area contributed by atoms with E-state index >= 15 is 4.39 Å². The molecule has 2 aliphatic heterocycles. The van der Waals surface area contributed by atoms with Crippen molar-refractivity contribution in [3.05, 3.63) is 76.7 Å². The number of nitrogens with one attached hydrogen (secondary N) is 1. The van der Waals surface area contributed by atoms with E-state index in [1.807, 2.05) is 13.8 Å². The summed E-state index contributed by atoms with van der Waals surface area (Å²) in [6.45, 7) is 6.06. The molecule has 2 N–H and O–H groups in total. The quantitative estimate of drug-likeness (QED) is 0.473. The van der Waals surface area contributed by atoms with E-state index in [2.05, 4.69) is 39.5 Å². The molecule has 7 heteroatoms. The number of benzene rings is 2. The summed E-state index contributed by atoms with van der Waals surface area (Å²) in [5, 5.41) is 14.6. The molecule has 2 atom stereocenters. The molecule has 0 radical (unpaired) electrons. The molecule has 3 aromatic rings. The number of rotatable bonds is 5. The standard InChI is InChI=1S/C31H34FN3O3/c1-30(2)18-35(17-19-3-5-20(6-4-19)21-7-8-21)14-13-31(30,38)25-10-11-26-24(28(25)32)15-22(16-33-26)23-9-12-27(36)34-29(23)37/h3-6,10-11,15-16,21,23,38H,7-9,12-14,17-18H2,1-2H3,(H,34,36,37)/t23?,31-/m0/s1. The number of aromatic nitrogens is 1. The number of nitrogens with zero attached hydrogens (tertiary/aromatic N) is 2. The van der Waals surface area contributed by atoms with E-state index in [4.69, 9.17) is 0 Å². The third-order valence-electron chi connectivity index (χ3n) is 8.87. The average molecular weight is 516 g/mol. The second kappa shape index (κ2) is 9.24. The molecule has 3 aliphatic rings. The van der Waals surface area contributed by atoms with Crippen molar-refractivity contribution < 1.29 is 19.1 Å². The van der Waals surface area contributed by atoms with E-state index in [9.17, 15) is 14.7 Å². The molecule has 6 nitrogen and oxygen atoms in total. The first-order valence-electron chi connectivity index (χ1n) is 13.6. The molecule has 2 aromatic carbocycles. The van der Waals surface area contributed by atoms with Gasteiger partial charge in [-0.15, -0.1) is 0 Å². The number of amides is 2. The Morgan fingerprint density at radius 1 is 1.08 bits per heavy atom. The van der Waals surface area contributed by atoms with Gasteiger partial charge in [0.25, 0.3) is 0 Å². The molecule has 2 amide bonds.